The third kappa shape index (κ3) is 4.49. The molecule has 1 rings (SSSR count). The Labute approximate surface area is 115 Å². The smallest absolute Gasteiger partial charge is 0.308 e. The van der Waals surface area contributed by atoms with Crippen molar-refractivity contribution < 1.29 is 14.3 Å². The number of nitrogens with one attached hydrogen (secondary N) is 2. The summed E-state index contributed by atoms with van der Waals surface area (Å²) in [6.45, 7) is 5.97. The highest BCUT2D eigenvalue weighted by molar-refractivity contribution is 5.85. The third-order valence-electron chi connectivity index (χ3n) is 3.87. The van der Waals surface area contributed by atoms with Crippen LogP contribution in [0.25, 0.3) is 0 Å². The molecule has 5 heteroatoms. The molecule has 1 saturated carbocycles. The highest BCUT2D eigenvalue weighted by atomic mass is 16.5. The van der Waals surface area contributed by atoms with Crippen molar-refractivity contribution in [2.45, 2.75) is 58.0 Å². The minimum atomic E-state index is -0.558. The van der Waals surface area contributed by atoms with Crippen LogP contribution < -0.4 is 10.6 Å². The van der Waals surface area contributed by atoms with E-state index in [0.29, 0.717) is 6.61 Å². The summed E-state index contributed by atoms with van der Waals surface area (Å²) < 4.78 is 5.03. The van der Waals surface area contributed by atoms with Gasteiger partial charge < -0.3 is 15.4 Å². The van der Waals surface area contributed by atoms with E-state index in [4.69, 9.17) is 4.74 Å². The number of amides is 1. The second-order valence-electron chi connectivity index (χ2n) is 5.65. The van der Waals surface area contributed by atoms with Gasteiger partial charge in [-0.2, -0.15) is 0 Å². The predicted octanol–water partition coefficient (Wildman–Crippen LogP) is 1.22. The SMILES string of the molecule is CCOC(=O)C1CCC(NC(=O)C(C)(C)NC)CC1. The van der Waals surface area contributed by atoms with Crippen LogP contribution in [0, 0.1) is 5.92 Å². The molecule has 0 heterocycles. The summed E-state index contributed by atoms with van der Waals surface area (Å²) in [5.41, 5.74) is -0.558. The fraction of sp³-hybridized carbons (Fsp3) is 0.857. The molecule has 0 atom stereocenters. The van der Waals surface area contributed by atoms with Crippen LogP contribution in [0.2, 0.25) is 0 Å². The summed E-state index contributed by atoms with van der Waals surface area (Å²) in [4.78, 5) is 23.6. The maximum absolute atomic E-state index is 12.0. The first-order chi connectivity index (χ1) is 8.90. The van der Waals surface area contributed by atoms with Crippen molar-refractivity contribution in [2.75, 3.05) is 13.7 Å². The van der Waals surface area contributed by atoms with E-state index in [1.165, 1.54) is 0 Å². The molecule has 0 radical (unpaired) electrons. The molecule has 1 amide bonds. The summed E-state index contributed by atoms with van der Waals surface area (Å²) in [5.74, 6) is -0.0807. The lowest BCUT2D eigenvalue weighted by atomic mass is 9.85. The topological polar surface area (TPSA) is 67.4 Å². The van der Waals surface area contributed by atoms with E-state index >= 15 is 0 Å². The van der Waals surface area contributed by atoms with Crippen LogP contribution in [-0.4, -0.2) is 37.1 Å². The first-order valence-electron chi connectivity index (χ1n) is 7.07. The Morgan fingerprint density at radius 1 is 1.21 bits per heavy atom. The lowest BCUT2D eigenvalue weighted by Crippen LogP contribution is -2.54. The van der Waals surface area contributed by atoms with Gasteiger partial charge in [-0.3, -0.25) is 9.59 Å². The average Bonchev–Trinajstić information content (AvgIpc) is 2.39. The molecule has 0 bridgehead atoms. The Morgan fingerprint density at radius 3 is 2.26 bits per heavy atom. The van der Waals surface area contributed by atoms with Crippen LogP contribution in [0.1, 0.15) is 46.5 Å². The van der Waals surface area contributed by atoms with Gasteiger partial charge in [0.25, 0.3) is 0 Å². The predicted molar refractivity (Wildman–Crippen MR) is 73.7 cm³/mol. The van der Waals surface area contributed by atoms with Crippen LogP contribution in [0.3, 0.4) is 0 Å². The van der Waals surface area contributed by atoms with Crippen LogP contribution in [0.4, 0.5) is 0 Å². The fourth-order valence-corrected chi connectivity index (χ4v) is 2.21. The number of ether oxygens (including phenoxy) is 1. The largest absolute Gasteiger partial charge is 0.466 e. The number of esters is 1. The maximum atomic E-state index is 12.0. The molecule has 1 aliphatic rings. The van der Waals surface area contributed by atoms with E-state index in [9.17, 15) is 9.59 Å². The van der Waals surface area contributed by atoms with Crippen molar-refractivity contribution in [3.63, 3.8) is 0 Å². The minimum Gasteiger partial charge on any atom is -0.466 e. The molecule has 0 aromatic carbocycles. The number of carbonyl (C=O) groups excluding carboxylic acids is 2. The van der Waals surface area contributed by atoms with Gasteiger partial charge in [-0.1, -0.05) is 0 Å². The molecular weight excluding hydrogens is 244 g/mol. The molecule has 0 aromatic heterocycles. The Kier molecular flexibility index (Phi) is 5.79. The van der Waals surface area contributed by atoms with Crippen molar-refractivity contribution in [2.24, 2.45) is 5.92 Å². The Balaban J connectivity index is 2.38. The van der Waals surface area contributed by atoms with Crippen LogP contribution in [0.5, 0.6) is 0 Å². The quantitative estimate of drug-likeness (QED) is 0.737. The van der Waals surface area contributed by atoms with Crippen LogP contribution >= 0.6 is 0 Å². The Hall–Kier alpha value is -1.10. The van der Waals surface area contributed by atoms with Gasteiger partial charge in [0.05, 0.1) is 18.1 Å². The van der Waals surface area contributed by atoms with Crippen molar-refractivity contribution in [3.8, 4) is 0 Å². The molecule has 0 spiro atoms. The number of carbonyl (C=O) groups is 2. The first-order valence-corrected chi connectivity index (χ1v) is 7.07. The zero-order chi connectivity index (χ0) is 14.5. The van der Waals surface area contributed by atoms with E-state index in [1.54, 1.807) is 7.05 Å². The summed E-state index contributed by atoms with van der Waals surface area (Å²) in [6.07, 6.45) is 3.28. The molecule has 110 valence electrons. The van der Waals surface area contributed by atoms with Gasteiger partial charge in [0.1, 0.15) is 0 Å². The van der Waals surface area contributed by atoms with Crippen molar-refractivity contribution in [1.29, 1.82) is 0 Å². The number of likely N-dealkylation sites (N-methyl/N-ethyl adjacent to an activating group) is 1. The van der Waals surface area contributed by atoms with Crippen molar-refractivity contribution in [1.82, 2.24) is 10.6 Å². The van der Waals surface area contributed by atoms with Gasteiger partial charge in [0.2, 0.25) is 5.91 Å². The molecule has 0 saturated heterocycles. The van der Waals surface area contributed by atoms with Gasteiger partial charge in [-0.05, 0) is 53.5 Å². The molecule has 1 fully saturated rings. The number of rotatable bonds is 5. The summed E-state index contributed by atoms with van der Waals surface area (Å²) >= 11 is 0. The zero-order valence-corrected chi connectivity index (χ0v) is 12.4. The van der Waals surface area contributed by atoms with Gasteiger partial charge in [-0.25, -0.2) is 0 Å². The van der Waals surface area contributed by atoms with E-state index in [0.717, 1.165) is 25.7 Å². The summed E-state index contributed by atoms with van der Waals surface area (Å²) in [5, 5.41) is 6.04. The summed E-state index contributed by atoms with van der Waals surface area (Å²) in [7, 11) is 1.78. The van der Waals surface area contributed by atoms with Gasteiger partial charge in [0.15, 0.2) is 0 Å². The van der Waals surface area contributed by atoms with E-state index < -0.39 is 5.54 Å². The number of hydrogen-bond donors (Lipinski definition) is 2. The Morgan fingerprint density at radius 2 is 1.79 bits per heavy atom. The lowest BCUT2D eigenvalue weighted by molar-refractivity contribution is -0.149. The van der Waals surface area contributed by atoms with Gasteiger partial charge >= 0.3 is 5.97 Å². The minimum absolute atomic E-state index is 0.00501. The van der Waals surface area contributed by atoms with Crippen molar-refractivity contribution in [3.05, 3.63) is 0 Å². The average molecular weight is 270 g/mol. The van der Waals surface area contributed by atoms with E-state index in [-0.39, 0.29) is 23.8 Å². The van der Waals surface area contributed by atoms with E-state index in [1.807, 2.05) is 20.8 Å². The molecule has 2 N–H and O–H groups in total. The van der Waals surface area contributed by atoms with Crippen LogP contribution in [0.15, 0.2) is 0 Å². The molecule has 0 aromatic rings. The van der Waals surface area contributed by atoms with Crippen molar-refractivity contribution >= 4 is 11.9 Å². The first kappa shape index (κ1) is 16.0. The van der Waals surface area contributed by atoms with E-state index in [2.05, 4.69) is 10.6 Å². The highest BCUT2D eigenvalue weighted by Crippen LogP contribution is 2.25. The molecular formula is C14H26N2O3. The summed E-state index contributed by atoms with van der Waals surface area (Å²) in [6, 6.07) is 0.172. The second-order valence-corrected chi connectivity index (χ2v) is 5.65. The normalized spacial score (nSPS) is 23.8. The lowest BCUT2D eigenvalue weighted by Gasteiger charge is -2.31. The zero-order valence-electron chi connectivity index (χ0n) is 12.4. The third-order valence-corrected chi connectivity index (χ3v) is 3.87. The maximum Gasteiger partial charge on any atom is 0.308 e. The van der Waals surface area contributed by atoms with Gasteiger partial charge in [-0.15, -0.1) is 0 Å². The van der Waals surface area contributed by atoms with Crippen LogP contribution in [-0.2, 0) is 14.3 Å². The second kappa shape index (κ2) is 6.89. The monoisotopic (exact) mass is 270 g/mol. The van der Waals surface area contributed by atoms with Gasteiger partial charge in [0, 0.05) is 6.04 Å². The molecule has 0 aliphatic heterocycles. The molecule has 5 nitrogen and oxygen atoms in total. The molecule has 19 heavy (non-hydrogen) atoms. The molecule has 1 aliphatic carbocycles. The molecule has 0 unspecified atom stereocenters. The Bertz CT molecular complexity index is 321. The fourth-order valence-electron chi connectivity index (χ4n) is 2.21. The number of hydrogen-bond acceptors (Lipinski definition) is 4. The highest BCUT2D eigenvalue weighted by Gasteiger charge is 2.31. The standard InChI is InChI=1S/C14H26N2O3/c1-5-19-12(17)10-6-8-11(9-7-10)16-13(18)14(2,3)15-4/h10-11,15H,5-9H2,1-4H3,(H,16,18).